The number of nitrogens with zero attached hydrogens (tertiary/aromatic N) is 1. The molecule has 0 bridgehead atoms. The molecule has 2 aliphatic rings. The molecule has 14 rings (SSSR count). The van der Waals surface area contributed by atoms with Crippen LogP contribution in [0.3, 0.4) is 0 Å². The second-order valence-corrected chi connectivity index (χ2v) is 21.5. The summed E-state index contributed by atoms with van der Waals surface area (Å²) >= 11 is 1.88. The maximum atomic E-state index is 2.57. The quantitative estimate of drug-likeness (QED) is 0.154. The van der Waals surface area contributed by atoms with Gasteiger partial charge in [-0.2, -0.15) is 0 Å². The third-order valence-electron chi connectivity index (χ3n) is 15.8. The topological polar surface area (TPSA) is 3.24 Å². The minimum absolute atomic E-state index is 0.401. The van der Waals surface area contributed by atoms with E-state index in [1.54, 1.807) is 0 Å². The van der Waals surface area contributed by atoms with Crippen molar-refractivity contribution in [3.05, 3.63) is 258 Å². The SMILES string of the molecule is CC(C)c1ccc2c(c1)C1(c3cc(C(C)C)ccc3-2)c2ccccc2-c2c(N(c3ccc(-c4ccc5cc(-c6ccc7ccccc7c6)ccc5c4)cc3)c3cccc4sc5ccccc5c34)cccc21. The van der Waals surface area contributed by atoms with Crippen molar-refractivity contribution in [1.82, 2.24) is 0 Å². The van der Waals surface area contributed by atoms with Gasteiger partial charge in [0.25, 0.3) is 0 Å². The van der Waals surface area contributed by atoms with Crippen molar-refractivity contribution >= 4 is 70.1 Å². The van der Waals surface area contributed by atoms with E-state index in [-0.39, 0.29) is 0 Å². The summed E-state index contributed by atoms with van der Waals surface area (Å²) in [7, 11) is 0. The van der Waals surface area contributed by atoms with E-state index in [0.29, 0.717) is 11.8 Å². The molecule has 0 saturated carbocycles. The molecule has 2 heteroatoms. The lowest BCUT2D eigenvalue weighted by Crippen LogP contribution is -2.26. The van der Waals surface area contributed by atoms with Gasteiger partial charge in [-0.15, -0.1) is 11.3 Å². The number of hydrogen-bond donors (Lipinski definition) is 0. The van der Waals surface area contributed by atoms with Crippen LogP contribution in [0.4, 0.5) is 17.1 Å². The summed E-state index contributed by atoms with van der Waals surface area (Å²) in [5, 5.41) is 7.57. The average Bonchev–Trinajstić information content (AvgIpc) is 4.05. The molecule has 0 atom stereocenters. The summed E-state index contributed by atoms with van der Waals surface area (Å²) in [6.07, 6.45) is 0. The van der Waals surface area contributed by atoms with E-state index < -0.39 is 5.41 Å². The second-order valence-electron chi connectivity index (χ2n) is 20.4. The Balaban J connectivity index is 0.957. The Labute approximate surface area is 420 Å². The highest BCUT2D eigenvalue weighted by Gasteiger charge is 2.53. The summed E-state index contributed by atoms with van der Waals surface area (Å²) in [6.45, 7) is 9.29. The third-order valence-corrected chi connectivity index (χ3v) is 16.9. The fraction of sp³-hybridized carbons (Fsp3) is 0.101. The maximum absolute atomic E-state index is 2.57. The van der Waals surface area contributed by atoms with Crippen LogP contribution in [0.5, 0.6) is 0 Å². The molecule has 2 aliphatic carbocycles. The molecule has 0 fully saturated rings. The molecule has 338 valence electrons. The molecule has 1 aromatic heterocycles. The van der Waals surface area contributed by atoms with Gasteiger partial charge in [-0.1, -0.05) is 198 Å². The smallest absolute Gasteiger partial charge is 0.0726 e. The van der Waals surface area contributed by atoms with Gasteiger partial charge in [-0.3, -0.25) is 0 Å². The van der Waals surface area contributed by atoms with Crippen LogP contribution >= 0.6 is 11.3 Å². The van der Waals surface area contributed by atoms with Gasteiger partial charge in [0.1, 0.15) is 0 Å². The van der Waals surface area contributed by atoms with Gasteiger partial charge in [0.15, 0.2) is 0 Å². The second kappa shape index (κ2) is 16.0. The van der Waals surface area contributed by atoms with E-state index in [4.69, 9.17) is 0 Å². The summed E-state index contributed by atoms with van der Waals surface area (Å²) in [4.78, 5) is 2.57. The first kappa shape index (κ1) is 41.9. The number of benzene rings is 11. The van der Waals surface area contributed by atoms with Crippen LogP contribution in [0.1, 0.15) is 72.9 Å². The molecule has 1 heterocycles. The van der Waals surface area contributed by atoms with Crippen LogP contribution in [-0.2, 0) is 5.41 Å². The van der Waals surface area contributed by atoms with E-state index in [0.717, 1.165) is 5.69 Å². The lowest BCUT2D eigenvalue weighted by atomic mass is 9.69. The molecule has 12 aromatic rings. The van der Waals surface area contributed by atoms with Gasteiger partial charge in [0.2, 0.25) is 0 Å². The Morgan fingerprint density at radius 2 is 0.887 bits per heavy atom. The Morgan fingerprint density at radius 1 is 0.366 bits per heavy atom. The fourth-order valence-electron chi connectivity index (χ4n) is 12.3. The highest BCUT2D eigenvalue weighted by molar-refractivity contribution is 7.26. The zero-order chi connectivity index (χ0) is 47.5. The molecule has 0 N–H and O–H groups in total. The molecule has 0 unspecified atom stereocenters. The highest BCUT2D eigenvalue weighted by atomic mass is 32.1. The van der Waals surface area contributed by atoms with Crippen molar-refractivity contribution in [1.29, 1.82) is 0 Å². The minimum atomic E-state index is -0.481. The Kier molecular flexibility index (Phi) is 9.44. The van der Waals surface area contributed by atoms with Crippen LogP contribution in [-0.4, -0.2) is 0 Å². The third kappa shape index (κ3) is 6.31. The lowest BCUT2D eigenvalue weighted by molar-refractivity contribution is 0.777. The normalized spacial score (nSPS) is 13.2. The van der Waals surface area contributed by atoms with Gasteiger partial charge < -0.3 is 4.90 Å². The summed E-state index contributed by atoms with van der Waals surface area (Å²) in [6, 6.07) is 85.3. The first-order valence-corrected chi connectivity index (χ1v) is 26.0. The van der Waals surface area contributed by atoms with E-state index in [2.05, 4.69) is 257 Å². The maximum Gasteiger partial charge on any atom is 0.0726 e. The van der Waals surface area contributed by atoms with Gasteiger partial charge in [0.05, 0.1) is 16.8 Å². The van der Waals surface area contributed by atoms with Gasteiger partial charge >= 0.3 is 0 Å². The molecule has 1 nitrogen and oxygen atoms in total. The van der Waals surface area contributed by atoms with Crippen LogP contribution in [0.2, 0.25) is 0 Å². The molecule has 0 saturated heterocycles. The van der Waals surface area contributed by atoms with Gasteiger partial charge in [0, 0.05) is 31.4 Å². The predicted molar refractivity (Wildman–Crippen MR) is 304 cm³/mol. The fourth-order valence-corrected chi connectivity index (χ4v) is 13.4. The molecule has 0 radical (unpaired) electrons. The molecule has 0 amide bonds. The summed E-state index contributed by atoms with van der Waals surface area (Å²) < 4.78 is 2.59. The molecule has 0 aliphatic heterocycles. The zero-order valence-corrected chi connectivity index (χ0v) is 41.2. The first-order valence-electron chi connectivity index (χ1n) is 25.2. The van der Waals surface area contributed by atoms with Crippen LogP contribution < -0.4 is 4.90 Å². The Morgan fingerprint density at radius 3 is 1.58 bits per heavy atom. The lowest BCUT2D eigenvalue weighted by Gasteiger charge is -2.32. The van der Waals surface area contributed by atoms with Crippen molar-refractivity contribution in [2.24, 2.45) is 0 Å². The van der Waals surface area contributed by atoms with Gasteiger partial charge in [-0.25, -0.2) is 0 Å². The van der Waals surface area contributed by atoms with Crippen LogP contribution in [0.15, 0.2) is 224 Å². The van der Waals surface area contributed by atoms with E-state index in [1.807, 2.05) is 11.3 Å². The largest absolute Gasteiger partial charge is 0.309 e. The molecular formula is C69H51NS. The van der Waals surface area contributed by atoms with Crippen molar-refractivity contribution in [2.45, 2.75) is 44.9 Å². The monoisotopic (exact) mass is 925 g/mol. The van der Waals surface area contributed by atoms with Crippen LogP contribution in [0.25, 0.3) is 86.2 Å². The zero-order valence-electron chi connectivity index (χ0n) is 40.4. The summed E-state index contributed by atoms with van der Waals surface area (Å²) in [5.41, 5.74) is 21.4. The molecule has 1 spiro atoms. The minimum Gasteiger partial charge on any atom is -0.309 e. The average molecular weight is 926 g/mol. The van der Waals surface area contributed by atoms with Crippen molar-refractivity contribution in [3.63, 3.8) is 0 Å². The Hall–Kier alpha value is -8.04. The number of anilines is 3. The standard InChI is InChI=1S/C69H51NS/c1-42(2)46-31-35-55-56-36-32-47(43(3)4)41-62(56)69(61(55)40-46)59-17-9-7-15-57(59)67-60(69)18-11-19-63(67)70(64-20-12-22-66-68(64)58-16-8-10-21-65(58)71-66)54-33-29-45(30-34-54)49-25-26-52-39-53(28-27-51(52)38-49)50-24-23-44-13-5-6-14-48(44)37-50/h5-43H,1-4H3. The predicted octanol–water partition coefficient (Wildman–Crippen LogP) is 19.8. The Bertz CT molecular complexity index is 4070. The summed E-state index contributed by atoms with van der Waals surface area (Å²) in [5.74, 6) is 0.801. The van der Waals surface area contributed by atoms with E-state index >= 15 is 0 Å². The number of hydrogen-bond acceptors (Lipinski definition) is 2. The van der Waals surface area contributed by atoms with Crippen molar-refractivity contribution in [3.8, 4) is 44.5 Å². The molecular weight excluding hydrogens is 875 g/mol. The number of fused-ring (bicyclic) bond motifs is 15. The van der Waals surface area contributed by atoms with Gasteiger partial charge in [-0.05, 0) is 160 Å². The highest BCUT2D eigenvalue weighted by Crippen LogP contribution is 2.65. The first-order chi connectivity index (χ1) is 34.8. The molecule has 71 heavy (non-hydrogen) atoms. The van der Waals surface area contributed by atoms with E-state index in [9.17, 15) is 0 Å². The van der Waals surface area contributed by atoms with Crippen molar-refractivity contribution in [2.75, 3.05) is 4.90 Å². The van der Waals surface area contributed by atoms with E-state index in [1.165, 1.54) is 131 Å². The number of thiophene rings is 1. The molecule has 11 aromatic carbocycles. The number of rotatable bonds is 7. The van der Waals surface area contributed by atoms with Crippen LogP contribution in [0, 0.1) is 0 Å². The van der Waals surface area contributed by atoms with Crippen molar-refractivity contribution < 1.29 is 0 Å².